The van der Waals surface area contributed by atoms with Crippen molar-refractivity contribution in [2.24, 2.45) is 5.92 Å². The predicted molar refractivity (Wildman–Crippen MR) is 114 cm³/mol. The number of hydrogen-bond donors (Lipinski definition) is 1. The molecule has 2 aliphatic rings. The van der Waals surface area contributed by atoms with Crippen molar-refractivity contribution in [3.05, 3.63) is 29.8 Å². The molecule has 0 aliphatic carbocycles. The molecule has 164 valence electrons. The topological polar surface area (TPSA) is 79.0 Å². The minimum Gasteiger partial charge on any atom is -0.497 e. The standard InChI is InChI=1S/C23H33N3O4/c1-3-20(27)25-15-11-17(12-16-25)21(23(29)26-13-5-4-6-14-26)24-22(28)18-7-9-19(30-2)10-8-18/h7-10,17,21H,3-6,11-16H2,1-2H3,(H,24,28)/t21-/m1/s1. The number of nitrogens with zero attached hydrogens (tertiary/aromatic N) is 2. The summed E-state index contributed by atoms with van der Waals surface area (Å²) in [7, 11) is 1.58. The number of nitrogens with one attached hydrogen (secondary N) is 1. The second kappa shape index (κ2) is 10.5. The number of carbonyl (C=O) groups is 3. The first kappa shape index (κ1) is 22.1. The monoisotopic (exact) mass is 415 g/mol. The van der Waals surface area contributed by atoms with E-state index in [9.17, 15) is 14.4 Å². The molecule has 1 aromatic rings. The third kappa shape index (κ3) is 5.32. The molecule has 30 heavy (non-hydrogen) atoms. The average Bonchev–Trinajstić information content (AvgIpc) is 2.82. The van der Waals surface area contributed by atoms with Gasteiger partial charge in [-0.2, -0.15) is 0 Å². The molecule has 3 amide bonds. The number of rotatable bonds is 6. The summed E-state index contributed by atoms with van der Waals surface area (Å²) in [4.78, 5) is 42.0. The summed E-state index contributed by atoms with van der Waals surface area (Å²) in [6, 6.07) is 6.34. The largest absolute Gasteiger partial charge is 0.497 e. The molecule has 7 heteroatoms. The quantitative estimate of drug-likeness (QED) is 0.774. The Kier molecular flexibility index (Phi) is 7.71. The predicted octanol–water partition coefficient (Wildman–Crippen LogP) is 2.45. The van der Waals surface area contributed by atoms with Gasteiger partial charge in [-0.05, 0) is 62.3 Å². The fraction of sp³-hybridized carbons (Fsp3) is 0.609. The number of piperidine rings is 2. The van der Waals surface area contributed by atoms with Crippen LogP contribution in [0.15, 0.2) is 24.3 Å². The Hall–Kier alpha value is -2.57. The minimum atomic E-state index is -0.559. The molecule has 1 aromatic carbocycles. The van der Waals surface area contributed by atoms with Crippen LogP contribution in [-0.4, -0.2) is 66.9 Å². The van der Waals surface area contributed by atoms with E-state index < -0.39 is 6.04 Å². The molecule has 0 aromatic heterocycles. The van der Waals surface area contributed by atoms with Gasteiger partial charge in [0.25, 0.3) is 5.91 Å². The van der Waals surface area contributed by atoms with Gasteiger partial charge in [-0.25, -0.2) is 0 Å². The second-order valence-electron chi connectivity index (χ2n) is 8.14. The van der Waals surface area contributed by atoms with E-state index in [2.05, 4.69) is 5.32 Å². The van der Waals surface area contributed by atoms with Gasteiger partial charge in [0.2, 0.25) is 11.8 Å². The molecule has 1 atom stereocenters. The van der Waals surface area contributed by atoms with Gasteiger partial charge >= 0.3 is 0 Å². The fourth-order valence-corrected chi connectivity index (χ4v) is 4.36. The molecular formula is C23H33N3O4. The molecule has 2 fully saturated rings. The molecule has 0 saturated carbocycles. The molecule has 0 spiro atoms. The van der Waals surface area contributed by atoms with Crippen LogP contribution in [-0.2, 0) is 9.59 Å². The van der Waals surface area contributed by atoms with Crippen molar-refractivity contribution in [2.45, 2.75) is 51.5 Å². The molecular weight excluding hydrogens is 382 g/mol. The van der Waals surface area contributed by atoms with Crippen LogP contribution in [0.4, 0.5) is 0 Å². The maximum absolute atomic E-state index is 13.3. The van der Waals surface area contributed by atoms with E-state index in [0.29, 0.717) is 30.8 Å². The summed E-state index contributed by atoms with van der Waals surface area (Å²) in [5.74, 6) is 0.620. The Morgan fingerprint density at radius 1 is 1.00 bits per heavy atom. The molecule has 7 nitrogen and oxygen atoms in total. The Bertz CT molecular complexity index is 735. The number of methoxy groups -OCH3 is 1. The number of amides is 3. The van der Waals surface area contributed by atoms with Crippen molar-refractivity contribution in [1.82, 2.24) is 15.1 Å². The molecule has 1 N–H and O–H groups in total. The van der Waals surface area contributed by atoms with Crippen LogP contribution in [0.2, 0.25) is 0 Å². The Morgan fingerprint density at radius 2 is 1.63 bits per heavy atom. The molecule has 2 saturated heterocycles. The summed E-state index contributed by atoms with van der Waals surface area (Å²) in [6.07, 6.45) is 5.10. The van der Waals surface area contributed by atoms with Gasteiger partial charge in [0.1, 0.15) is 11.8 Å². The average molecular weight is 416 g/mol. The van der Waals surface area contributed by atoms with Crippen molar-refractivity contribution in [1.29, 1.82) is 0 Å². The zero-order chi connectivity index (χ0) is 21.5. The summed E-state index contributed by atoms with van der Waals surface area (Å²) in [5, 5.41) is 3.02. The molecule has 0 bridgehead atoms. The lowest BCUT2D eigenvalue weighted by Crippen LogP contribution is -2.55. The van der Waals surface area contributed by atoms with Gasteiger partial charge < -0.3 is 19.9 Å². The molecule has 2 heterocycles. The molecule has 3 rings (SSSR count). The SMILES string of the molecule is CCC(=O)N1CCC([C@@H](NC(=O)c2ccc(OC)cc2)C(=O)N2CCCCC2)CC1. The summed E-state index contributed by atoms with van der Waals surface area (Å²) in [6.45, 7) is 4.65. The van der Waals surface area contributed by atoms with Gasteiger partial charge in [-0.15, -0.1) is 0 Å². The zero-order valence-electron chi connectivity index (χ0n) is 18.1. The van der Waals surface area contributed by atoms with Gasteiger partial charge in [0.15, 0.2) is 0 Å². The lowest BCUT2D eigenvalue weighted by Gasteiger charge is -2.38. The normalized spacial score (nSPS) is 18.6. The first-order chi connectivity index (χ1) is 14.5. The van der Waals surface area contributed by atoms with Crippen LogP contribution in [0.3, 0.4) is 0 Å². The molecule has 0 unspecified atom stereocenters. The van der Waals surface area contributed by atoms with Crippen LogP contribution in [0, 0.1) is 5.92 Å². The van der Waals surface area contributed by atoms with Crippen LogP contribution < -0.4 is 10.1 Å². The molecule has 2 aliphatic heterocycles. The summed E-state index contributed by atoms with van der Waals surface area (Å²) >= 11 is 0. The van der Waals surface area contributed by atoms with E-state index in [4.69, 9.17) is 4.74 Å². The third-order valence-corrected chi connectivity index (χ3v) is 6.24. The summed E-state index contributed by atoms with van der Waals surface area (Å²) in [5.41, 5.74) is 0.505. The maximum Gasteiger partial charge on any atom is 0.251 e. The van der Waals surface area contributed by atoms with E-state index in [-0.39, 0.29) is 23.6 Å². The van der Waals surface area contributed by atoms with Gasteiger partial charge in [-0.3, -0.25) is 14.4 Å². The molecule has 0 radical (unpaired) electrons. The maximum atomic E-state index is 13.3. The van der Waals surface area contributed by atoms with Gasteiger partial charge in [-0.1, -0.05) is 6.92 Å². The van der Waals surface area contributed by atoms with Crippen LogP contribution in [0.5, 0.6) is 5.75 Å². The van der Waals surface area contributed by atoms with Crippen LogP contribution in [0.1, 0.15) is 55.8 Å². The van der Waals surface area contributed by atoms with Gasteiger partial charge in [0.05, 0.1) is 7.11 Å². The van der Waals surface area contributed by atoms with Crippen LogP contribution in [0.25, 0.3) is 0 Å². The highest BCUT2D eigenvalue weighted by Crippen LogP contribution is 2.24. The van der Waals surface area contributed by atoms with Crippen molar-refractivity contribution < 1.29 is 19.1 Å². The van der Waals surface area contributed by atoms with E-state index in [0.717, 1.165) is 45.2 Å². The van der Waals surface area contributed by atoms with E-state index >= 15 is 0 Å². The van der Waals surface area contributed by atoms with Crippen molar-refractivity contribution in [2.75, 3.05) is 33.3 Å². The zero-order valence-corrected chi connectivity index (χ0v) is 18.1. The Morgan fingerprint density at radius 3 is 2.20 bits per heavy atom. The highest BCUT2D eigenvalue weighted by Gasteiger charge is 2.36. The Labute approximate surface area is 178 Å². The van der Waals surface area contributed by atoms with E-state index in [1.807, 2.05) is 16.7 Å². The van der Waals surface area contributed by atoms with E-state index in [1.165, 1.54) is 0 Å². The smallest absolute Gasteiger partial charge is 0.251 e. The number of carbonyl (C=O) groups excluding carboxylic acids is 3. The number of ether oxygens (including phenoxy) is 1. The number of likely N-dealkylation sites (tertiary alicyclic amines) is 2. The Balaban J connectivity index is 1.72. The highest BCUT2D eigenvalue weighted by atomic mass is 16.5. The second-order valence-corrected chi connectivity index (χ2v) is 8.14. The van der Waals surface area contributed by atoms with Crippen LogP contribution >= 0.6 is 0 Å². The number of hydrogen-bond acceptors (Lipinski definition) is 4. The van der Waals surface area contributed by atoms with Crippen molar-refractivity contribution in [3.8, 4) is 5.75 Å². The summed E-state index contributed by atoms with van der Waals surface area (Å²) < 4.78 is 5.16. The number of benzene rings is 1. The highest BCUT2D eigenvalue weighted by molar-refractivity contribution is 5.97. The van der Waals surface area contributed by atoms with E-state index in [1.54, 1.807) is 31.4 Å². The van der Waals surface area contributed by atoms with Crippen molar-refractivity contribution in [3.63, 3.8) is 0 Å². The minimum absolute atomic E-state index is 0.0110. The first-order valence-corrected chi connectivity index (χ1v) is 11.0. The fourth-order valence-electron chi connectivity index (χ4n) is 4.36. The third-order valence-electron chi connectivity index (χ3n) is 6.24. The first-order valence-electron chi connectivity index (χ1n) is 11.0. The van der Waals surface area contributed by atoms with Gasteiger partial charge in [0, 0.05) is 38.2 Å². The lowest BCUT2D eigenvalue weighted by molar-refractivity contribution is -0.136. The van der Waals surface area contributed by atoms with Crippen molar-refractivity contribution >= 4 is 17.7 Å². The lowest BCUT2D eigenvalue weighted by atomic mass is 9.87.